The molecular weight excluding hydrogens is 300 g/mol. The van der Waals surface area contributed by atoms with Crippen molar-refractivity contribution in [1.82, 2.24) is 4.90 Å². The Morgan fingerprint density at radius 3 is 2.62 bits per heavy atom. The first-order chi connectivity index (χ1) is 11.7. The largest absolute Gasteiger partial charge is 0.507 e. The first-order valence-electron chi connectivity index (χ1n) is 9.55. The van der Waals surface area contributed by atoms with Crippen molar-refractivity contribution in [1.29, 1.82) is 0 Å². The highest BCUT2D eigenvalue weighted by molar-refractivity contribution is 5.47. The predicted octanol–water partition coefficient (Wildman–Crippen LogP) is 2.76. The van der Waals surface area contributed by atoms with Crippen LogP contribution in [0.25, 0.3) is 0 Å². The molecule has 3 N–H and O–H groups in total. The highest BCUT2D eigenvalue weighted by Gasteiger charge is 2.36. The van der Waals surface area contributed by atoms with Crippen LogP contribution >= 0.6 is 0 Å². The van der Waals surface area contributed by atoms with Gasteiger partial charge in [0.15, 0.2) is 0 Å². The molecule has 1 aliphatic carbocycles. The number of fused-ring (bicyclic) bond motifs is 1. The number of aromatic hydroxyl groups is 1. The lowest BCUT2D eigenvalue weighted by Crippen LogP contribution is -2.42. The van der Waals surface area contributed by atoms with E-state index in [1.54, 1.807) is 0 Å². The van der Waals surface area contributed by atoms with Crippen molar-refractivity contribution in [2.24, 2.45) is 17.6 Å². The van der Waals surface area contributed by atoms with Crippen LogP contribution in [0.5, 0.6) is 5.75 Å². The Morgan fingerprint density at radius 1 is 1.21 bits per heavy atom. The number of hydrogen-bond acceptors (Lipinski definition) is 4. The summed E-state index contributed by atoms with van der Waals surface area (Å²) >= 11 is 0. The minimum atomic E-state index is -0.0743. The van der Waals surface area contributed by atoms with E-state index in [0.717, 1.165) is 29.0 Å². The molecule has 2 heterocycles. The van der Waals surface area contributed by atoms with E-state index < -0.39 is 0 Å². The van der Waals surface area contributed by atoms with Crippen molar-refractivity contribution < 1.29 is 9.84 Å². The maximum atomic E-state index is 10.5. The lowest BCUT2D eigenvalue weighted by Gasteiger charge is -2.40. The fraction of sp³-hybridized carbons (Fsp3) is 0.700. The number of ether oxygens (including phenoxy) is 1. The fourth-order valence-electron chi connectivity index (χ4n) is 4.45. The normalized spacial score (nSPS) is 28.8. The SMILES string of the molecule is Cc1ccc2c(c1O)C[C@@H](C1CCN(CC3CC3)CC1)O[C@H]2CN. The predicted molar refractivity (Wildman–Crippen MR) is 95.1 cm³/mol. The molecule has 0 radical (unpaired) electrons. The van der Waals surface area contributed by atoms with Crippen LogP contribution in [0.15, 0.2) is 12.1 Å². The second-order valence-electron chi connectivity index (χ2n) is 7.98. The van der Waals surface area contributed by atoms with Gasteiger partial charge in [0.05, 0.1) is 12.2 Å². The maximum Gasteiger partial charge on any atom is 0.122 e. The lowest BCUT2D eigenvalue weighted by molar-refractivity contribution is -0.0648. The number of piperidine rings is 1. The number of phenols is 1. The molecule has 0 spiro atoms. The highest BCUT2D eigenvalue weighted by atomic mass is 16.5. The Labute approximate surface area is 145 Å². The van der Waals surface area contributed by atoms with Gasteiger partial charge in [0.2, 0.25) is 0 Å². The van der Waals surface area contributed by atoms with Gasteiger partial charge in [0.25, 0.3) is 0 Å². The Hall–Kier alpha value is -1.10. The number of phenolic OH excluding ortho intramolecular Hbond substituents is 1. The standard InChI is InChI=1S/C20H30N2O2/c1-13-2-5-16-17(20(13)23)10-18(24-19(16)11-21)15-6-8-22(9-7-15)12-14-3-4-14/h2,5,14-15,18-19,23H,3-4,6-12,21H2,1H3/t18-,19-/m0/s1. The summed E-state index contributed by atoms with van der Waals surface area (Å²) in [6.45, 7) is 6.13. The van der Waals surface area contributed by atoms with E-state index in [2.05, 4.69) is 11.0 Å². The van der Waals surface area contributed by atoms with Crippen molar-refractivity contribution in [3.63, 3.8) is 0 Å². The zero-order chi connectivity index (χ0) is 16.7. The second-order valence-corrected chi connectivity index (χ2v) is 7.98. The average molecular weight is 330 g/mol. The molecule has 24 heavy (non-hydrogen) atoms. The Kier molecular flexibility index (Phi) is 4.54. The molecule has 2 atom stereocenters. The zero-order valence-corrected chi connectivity index (χ0v) is 14.7. The molecule has 1 saturated carbocycles. The summed E-state index contributed by atoms with van der Waals surface area (Å²) in [5.74, 6) is 2.01. The topological polar surface area (TPSA) is 58.7 Å². The van der Waals surface area contributed by atoms with Gasteiger partial charge in [0, 0.05) is 25.1 Å². The molecule has 1 saturated heterocycles. The van der Waals surface area contributed by atoms with Crippen molar-refractivity contribution in [3.8, 4) is 5.75 Å². The van der Waals surface area contributed by atoms with E-state index in [1.807, 2.05) is 13.0 Å². The van der Waals surface area contributed by atoms with Crippen LogP contribution in [0.2, 0.25) is 0 Å². The first-order valence-corrected chi connectivity index (χ1v) is 9.55. The number of nitrogens with zero attached hydrogens (tertiary/aromatic N) is 1. The summed E-state index contributed by atoms with van der Waals surface area (Å²) in [5, 5.41) is 10.5. The molecule has 3 aliphatic rings. The summed E-state index contributed by atoms with van der Waals surface area (Å²) < 4.78 is 6.37. The number of likely N-dealkylation sites (tertiary alicyclic amines) is 1. The van der Waals surface area contributed by atoms with Gasteiger partial charge in [-0.1, -0.05) is 12.1 Å². The van der Waals surface area contributed by atoms with Crippen molar-refractivity contribution in [3.05, 3.63) is 28.8 Å². The molecular formula is C20H30N2O2. The molecule has 0 bridgehead atoms. The molecule has 2 aliphatic heterocycles. The molecule has 132 valence electrons. The number of benzene rings is 1. The molecule has 0 aromatic heterocycles. The van der Waals surface area contributed by atoms with Crippen molar-refractivity contribution >= 4 is 0 Å². The molecule has 1 aromatic rings. The fourth-order valence-corrected chi connectivity index (χ4v) is 4.45. The van der Waals surface area contributed by atoms with Crippen LogP contribution in [-0.2, 0) is 11.2 Å². The third kappa shape index (κ3) is 3.19. The van der Waals surface area contributed by atoms with Crippen LogP contribution in [-0.4, -0.2) is 42.3 Å². The molecule has 4 heteroatoms. The van der Waals surface area contributed by atoms with Crippen LogP contribution in [0.3, 0.4) is 0 Å². The van der Waals surface area contributed by atoms with Crippen LogP contribution in [0.1, 0.15) is 48.5 Å². The van der Waals surface area contributed by atoms with Gasteiger partial charge in [-0.05, 0) is 68.7 Å². The van der Waals surface area contributed by atoms with Gasteiger partial charge in [-0.15, -0.1) is 0 Å². The van der Waals surface area contributed by atoms with Crippen LogP contribution < -0.4 is 5.73 Å². The average Bonchev–Trinajstić information content (AvgIpc) is 3.42. The van der Waals surface area contributed by atoms with E-state index in [4.69, 9.17) is 10.5 Å². The number of aryl methyl sites for hydroxylation is 1. The third-order valence-electron chi connectivity index (χ3n) is 6.20. The number of rotatable bonds is 4. The minimum absolute atomic E-state index is 0.0743. The smallest absolute Gasteiger partial charge is 0.122 e. The van der Waals surface area contributed by atoms with Gasteiger partial charge < -0.3 is 20.5 Å². The van der Waals surface area contributed by atoms with Gasteiger partial charge in [-0.25, -0.2) is 0 Å². The number of nitrogens with two attached hydrogens (primary N) is 1. The van der Waals surface area contributed by atoms with Gasteiger partial charge >= 0.3 is 0 Å². The van der Waals surface area contributed by atoms with E-state index in [0.29, 0.717) is 18.2 Å². The Morgan fingerprint density at radius 2 is 1.96 bits per heavy atom. The summed E-state index contributed by atoms with van der Waals surface area (Å²) in [4.78, 5) is 2.63. The van der Waals surface area contributed by atoms with Gasteiger partial charge in [-0.2, -0.15) is 0 Å². The van der Waals surface area contributed by atoms with E-state index in [-0.39, 0.29) is 12.2 Å². The Bertz CT molecular complexity index is 592. The summed E-state index contributed by atoms with van der Waals surface area (Å²) in [6, 6.07) is 4.05. The second kappa shape index (κ2) is 6.66. The first kappa shape index (κ1) is 16.4. The lowest BCUT2D eigenvalue weighted by atomic mass is 9.83. The van der Waals surface area contributed by atoms with Crippen molar-refractivity contribution in [2.75, 3.05) is 26.2 Å². The monoisotopic (exact) mass is 330 g/mol. The van der Waals surface area contributed by atoms with Gasteiger partial charge in [0.1, 0.15) is 5.75 Å². The summed E-state index contributed by atoms with van der Waals surface area (Å²) in [7, 11) is 0. The summed E-state index contributed by atoms with van der Waals surface area (Å²) in [6.07, 6.45) is 6.22. The molecule has 1 aromatic carbocycles. The van der Waals surface area contributed by atoms with Gasteiger partial charge in [-0.3, -0.25) is 0 Å². The van der Waals surface area contributed by atoms with Crippen LogP contribution in [0, 0.1) is 18.8 Å². The summed E-state index contributed by atoms with van der Waals surface area (Å²) in [5.41, 5.74) is 9.07. The molecule has 0 unspecified atom stereocenters. The molecule has 0 amide bonds. The van der Waals surface area contributed by atoms with E-state index in [9.17, 15) is 5.11 Å². The van der Waals surface area contributed by atoms with Crippen molar-refractivity contribution in [2.45, 2.75) is 51.2 Å². The molecule has 4 nitrogen and oxygen atoms in total. The van der Waals surface area contributed by atoms with Crippen LogP contribution in [0.4, 0.5) is 0 Å². The van der Waals surface area contributed by atoms with E-state index in [1.165, 1.54) is 45.3 Å². The quantitative estimate of drug-likeness (QED) is 0.891. The van der Waals surface area contributed by atoms with E-state index >= 15 is 0 Å². The highest BCUT2D eigenvalue weighted by Crippen LogP contribution is 2.40. The molecule has 4 rings (SSSR count). The minimum Gasteiger partial charge on any atom is -0.507 e. The third-order valence-corrected chi connectivity index (χ3v) is 6.20. The maximum absolute atomic E-state index is 10.5. The zero-order valence-electron chi connectivity index (χ0n) is 14.7. The number of hydrogen-bond donors (Lipinski definition) is 2. The molecule has 2 fully saturated rings. The Balaban J connectivity index is 1.46.